The van der Waals surface area contributed by atoms with Gasteiger partial charge in [-0.05, 0) is 6.42 Å². The van der Waals surface area contributed by atoms with Gasteiger partial charge in [-0.15, -0.1) is 0 Å². The van der Waals surface area contributed by atoms with Crippen LogP contribution in [0.15, 0.2) is 0 Å². The Kier molecular flexibility index (Phi) is 2.82. The highest BCUT2D eigenvalue weighted by Crippen LogP contribution is 2.27. The molecule has 1 heterocycles. The van der Waals surface area contributed by atoms with Gasteiger partial charge in [0.25, 0.3) is 6.43 Å². The second-order valence-corrected chi connectivity index (χ2v) is 3.28. The minimum Gasteiger partial charge on any atom is -0.481 e. The van der Waals surface area contributed by atoms with E-state index in [9.17, 15) is 18.7 Å². The number of aliphatic hydroxyl groups is 1. The summed E-state index contributed by atoms with van der Waals surface area (Å²) in [6.45, 7) is -0.247. The van der Waals surface area contributed by atoms with E-state index in [0.717, 1.165) is 0 Å². The van der Waals surface area contributed by atoms with Crippen molar-refractivity contribution in [3.63, 3.8) is 0 Å². The average Bonchev–Trinajstić information content (AvgIpc) is 2.32. The zero-order chi connectivity index (χ0) is 10.1. The molecule has 0 saturated carbocycles. The maximum absolute atomic E-state index is 12.2. The highest BCUT2D eigenvalue weighted by molar-refractivity contribution is 5.67. The number of carbonyl (C=O) groups is 1. The van der Waals surface area contributed by atoms with Gasteiger partial charge in [0.2, 0.25) is 0 Å². The normalized spacial score (nSPS) is 34.0. The Morgan fingerprint density at radius 2 is 2.31 bits per heavy atom. The van der Waals surface area contributed by atoms with E-state index in [-0.39, 0.29) is 19.4 Å². The number of alkyl halides is 2. The van der Waals surface area contributed by atoms with Gasteiger partial charge in [0.1, 0.15) is 5.60 Å². The molecule has 0 aromatic carbocycles. The second kappa shape index (κ2) is 3.55. The number of hydrogen-bond acceptors (Lipinski definition) is 3. The third-order valence-corrected chi connectivity index (χ3v) is 2.12. The first kappa shape index (κ1) is 10.3. The van der Waals surface area contributed by atoms with Crippen LogP contribution in [-0.2, 0) is 4.79 Å². The van der Waals surface area contributed by atoms with Crippen molar-refractivity contribution in [1.29, 1.82) is 0 Å². The Morgan fingerprint density at radius 3 is 2.69 bits per heavy atom. The highest BCUT2D eigenvalue weighted by atomic mass is 19.3. The second-order valence-electron chi connectivity index (χ2n) is 3.28. The lowest BCUT2D eigenvalue weighted by molar-refractivity contribution is -0.137. The number of rotatable bonds is 3. The van der Waals surface area contributed by atoms with Gasteiger partial charge in [0.05, 0.1) is 6.42 Å². The molecule has 6 heteroatoms. The van der Waals surface area contributed by atoms with Crippen molar-refractivity contribution in [1.82, 2.24) is 5.32 Å². The molecule has 2 atom stereocenters. The number of carboxylic acid groups (broad SMARTS) is 1. The lowest BCUT2D eigenvalue weighted by Gasteiger charge is -2.19. The lowest BCUT2D eigenvalue weighted by atomic mass is 10.00. The topological polar surface area (TPSA) is 69.6 Å². The molecule has 1 aliphatic heterocycles. The van der Waals surface area contributed by atoms with Crippen LogP contribution in [0.5, 0.6) is 0 Å². The zero-order valence-electron chi connectivity index (χ0n) is 6.83. The fourth-order valence-corrected chi connectivity index (χ4v) is 1.41. The molecular formula is C7H11F2NO3. The molecule has 76 valence electrons. The van der Waals surface area contributed by atoms with Crippen molar-refractivity contribution in [3.05, 3.63) is 0 Å². The summed E-state index contributed by atoms with van der Waals surface area (Å²) < 4.78 is 24.4. The molecule has 0 unspecified atom stereocenters. The molecule has 1 rings (SSSR count). The van der Waals surface area contributed by atoms with Gasteiger partial charge in [0, 0.05) is 12.6 Å². The first-order valence-electron chi connectivity index (χ1n) is 3.90. The van der Waals surface area contributed by atoms with Crippen LogP contribution in [0.2, 0.25) is 0 Å². The third kappa shape index (κ3) is 2.35. The molecule has 0 aromatic rings. The van der Waals surface area contributed by atoms with Gasteiger partial charge in [-0.3, -0.25) is 4.79 Å². The Labute approximate surface area is 73.6 Å². The van der Waals surface area contributed by atoms with Crippen LogP contribution < -0.4 is 5.32 Å². The SMILES string of the molecule is O=C(O)C[C@H]1C[C@@](O)(C(F)F)CN1. The molecule has 0 aromatic heterocycles. The van der Waals surface area contributed by atoms with Crippen molar-refractivity contribution < 1.29 is 23.8 Å². The number of carboxylic acids is 1. The van der Waals surface area contributed by atoms with Crippen LogP contribution in [-0.4, -0.2) is 40.8 Å². The summed E-state index contributed by atoms with van der Waals surface area (Å²) >= 11 is 0. The Morgan fingerprint density at radius 1 is 1.69 bits per heavy atom. The summed E-state index contributed by atoms with van der Waals surface area (Å²) in [4.78, 5) is 10.2. The highest BCUT2D eigenvalue weighted by Gasteiger charge is 2.45. The van der Waals surface area contributed by atoms with E-state index in [1.165, 1.54) is 0 Å². The van der Waals surface area contributed by atoms with Gasteiger partial charge in [-0.1, -0.05) is 0 Å². The van der Waals surface area contributed by atoms with Crippen LogP contribution in [0.4, 0.5) is 8.78 Å². The largest absolute Gasteiger partial charge is 0.481 e. The predicted molar refractivity (Wildman–Crippen MR) is 39.6 cm³/mol. The van der Waals surface area contributed by atoms with Gasteiger partial charge in [0.15, 0.2) is 0 Å². The average molecular weight is 195 g/mol. The fraction of sp³-hybridized carbons (Fsp3) is 0.857. The van der Waals surface area contributed by atoms with Crippen molar-refractivity contribution in [2.24, 2.45) is 0 Å². The number of β-amino-alcohol motifs (C(OH)–C–C–N with tert-alkyl or cyclic N) is 1. The number of aliphatic carboxylic acids is 1. The molecule has 4 nitrogen and oxygen atoms in total. The van der Waals surface area contributed by atoms with Gasteiger partial charge < -0.3 is 15.5 Å². The fourth-order valence-electron chi connectivity index (χ4n) is 1.41. The minimum atomic E-state index is -2.83. The molecule has 13 heavy (non-hydrogen) atoms. The number of halogens is 2. The smallest absolute Gasteiger partial charge is 0.304 e. The van der Waals surface area contributed by atoms with E-state index < -0.39 is 24.0 Å². The van der Waals surface area contributed by atoms with E-state index in [1.807, 2.05) is 0 Å². The third-order valence-electron chi connectivity index (χ3n) is 2.12. The van der Waals surface area contributed by atoms with Gasteiger partial charge in [-0.2, -0.15) is 0 Å². The van der Waals surface area contributed by atoms with E-state index in [0.29, 0.717) is 0 Å². The van der Waals surface area contributed by atoms with Crippen molar-refractivity contribution >= 4 is 5.97 Å². The summed E-state index contributed by atoms with van der Waals surface area (Å²) in [5.41, 5.74) is -2.06. The monoisotopic (exact) mass is 195 g/mol. The van der Waals surface area contributed by atoms with E-state index in [1.54, 1.807) is 0 Å². The van der Waals surface area contributed by atoms with Crippen molar-refractivity contribution in [2.75, 3.05) is 6.54 Å². The zero-order valence-corrected chi connectivity index (χ0v) is 6.83. The molecule has 0 aliphatic carbocycles. The maximum atomic E-state index is 12.2. The summed E-state index contributed by atoms with van der Waals surface area (Å²) in [5, 5.41) is 20.2. The van der Waals surface area contributed by atoms with E-state index in [4.69, 9.17) is 5.11 Å². The lowest BCUT2D eigenvalue weighted by Crippen LogP contribution is -2.39. The maximum Gasteiger partial charge on any atom is 0.304 e. The molecule has 0 bridgehead atoms. The summed E-state index contributed by atoms with van der Waals surface area (Å²) in [6, 6.07) is -0.559. The van der Waals surface area contributed by atoms with Crippen LogP contribution in [0, 0.1) is 0 Å². The number of nitrogens with one attached hydrogen (secondary N) is 1. The van der Waals surface area contributed by atoms with Crippen LogP contribution >= 0.6 is 0 Å². The molecular weight excluding hydrogens is 184 g/mol. The van der Waals surface area contributed by atoms with Gasteiger partial charge in [-0.25, -0.2) is 8.78 Å². The van der Waals surface area contributed by atoms with Crippen LogP contribution in [0.1, 0.15) is 12.8 Å². The van der Waals surface area contributed by atoms with Crippen LogP contribution in [0.25, 0.3) is 0 Å². The molecule has 0 spiro atoms. The Bertz CT molecular complexity index is 212. The summed E-state index contributed by atoms with van der Waals surface area (Å²) in [6.07, 6.45) is -3.29. The van der Waals surface area contributed by atoms with Gasteiger partial charge >= 0.3 is 5.97 Å². The van der Waals surface area contributed by atoms with Crippen LogP contribution in [0.3, 0.4) is 0 Å². The number of hydrogen-bond donors (Lipinski definition) is 3. The minimum absolute atomic E-state index is 0.211. The first-order valence-corrected chi connectivity index (χ1v) is 3.90. The standard InChI is InChI=1S/C7H11F2NO3/c8-6(9)7(13)2-4(10-3-7)1-5(11)12/h4,6,10,13H,1-3H2,(H,11,12)/t4-,7-/m0/s1. The Balaban J connectivity index is 2.48. The molecule has 3 N–H and O–H groups in total. The van der Waals surface area contributed by atoms with Crippen molar-refractivity contribution in [3.8, 4) is 0 Å². The summed E-state index contributed by atoms with van der Waals surface area (Å²) in [5.74, 6) is -1.06. The van der Waals surface area contributed by atoms with E-state index >= 15 is 0 Å². The Hall–Kier alpha value is -0.750. The molecule has 1 fully saturated rings. The van der Waals surface area contributed by atoms with E-state index in [2.05, 4.69) is 5.32 Å². The molecule has 0 radical (unpaired) electrons. The molecule has 1 aliphatic rings. The first-order chi connectivity index (χ1) is 5.94. The van der Waals surface area contributed by atoms with Crippen molar-refractivity contribution in [2.45, 2.75) is 30.9 Å². The quantitative estimate of drug-likeness (QED) is 0.584. The molecule has 1 saturated heterocycles. The summed E-state index contributed by atoms with van der Waals surface area (Å²) in [7, 11) is 0. The molecule has 0 amide bonds. The predicted octanol–water partition coefficient (Wildman–Crippen LogP) is -0.181.